The van der Waals surface area contributed by atoms with E-state index in [1.807, 2.05) is 0 Å². The van der Waals surface area contributed by atoms with E-state index in [1.165, 1.54) is 0 Å². The van der Waals surface area contributed by atoms with Gasteiger partial charge < -0.3 is 10.1 Å². The van der Waals surface area contributed by atoms with E-state index in [1.54, 1.807) is 0 Å². The summed E-state index contributed by atoms with van der Waals surface area (Å²) in [5.41, 5.74) is 2.90. The molecule has 118 valence electrons. The molecule has 0 bridgehead atoms. The van der Waals surface area contributed by atoms with Gasteiger partial charge in [-0.25, -0.2) is 0 Å². The third kappa shape index (κ3) is 1.84. The normalized spacial score (nSPS) is 36.0. The van der Waals surface area contributed by atoms with Crippen molar-refractivity contribution in [2.75, 3.05) is 13.2 Å². The van der Waals surface area contributed by atoms with Crippen molar-refractivity contribution in [3.05, 3.63) is 22.7 Å². The van der Waals surface area contributed by atoms with Gasteiger partial charge in [0.1, 0.15) is 0 Å². The standard InChI is InChI=1S/C17H23N3O2/c1-4-10-5-17(9-22-10)11-8-18-20-15(11)19-12-6-16(2,3)7-13(21)14(12)17/h10,19H,4-9H2,1-3H3/t10-,17-/m1/s1. The lowest BCUT2D eigenvalue weighted by Gasteiger charge is -2.43. The number of allylic oxidation sites excluding steroid dienone is 1. The summed E-state index contributed by atoms with van der Waals surface area (Å²) in [6, 6.07) is 0. The first-order valence-corrected chi connectivity index (χ1v) is 8.22. The number of Topliss-reactive ketones (excluding diaryl/α,β-unsaturated/α-hetero) is 1. The van der Waals surface area contributed by atoms with Crippen molar-refractivity contribution in [3.8, 4) is 0 Å². The second-order valence-corrected chi connectivity index (χ2v) is 7.77. The number of hydrogen-bond acceptors (Lipinski definition) is 5. The first-order chi connectivity index (χ1) is 10.5. The molecule has 0 saturated carbocycles. The number of azo groups is 1. The molecule has 22 heavy (non-hydrogen) atoms. The van der Waals surface area contributed by atoms with Crippen molar-refractivity contribution >= 4 is 5.78 Å². The Morgan fingerprint density at radius 2 is 2.18 bits per heavy atom. The van der Waals surface area contributed by atoms with Crippen LogP contribution in [-0.2, 0) is 9.53 Å². The Labute approximate surface area is 130 Å². The van der Waals surface area contributed by atoms with Gasteiger partial charge in [0.15, 0.2) is 11.6 Å². The van der Waals surface area contributed by atoms with Crippen LogP contribution in [0.25, 0.3) is 0 Å². The average Bonchev–Trinajstić information content (AvgIpc) is 3.04. The summed E-state index contributed by atoms with van der Waals surface area (Å²) in [5.74, 6) is 1.14. The smallest absolute Gasteiger partial charge is 0.162 e. The number of rotatable bonds is 1. The Hall–Kier alpha value is -1.49. The Balaban J connectivity index is 1.84. The quantitative estimate of drug-likeness (QED) is 0.809. The van der Waals surface area contributed by atoms with Crippen LogP contribution in [0, 0.1) is 10.8 Å². The molecule has 3 aliphatic heterocycles. The second-order valence-electron chi connectivity index (χ2n) is 7.77. The second kappa shape index (κ2) is 4.51. The van der Waals surface area contributed by atoms with E-state index in [9.17, 15) is 4.79 Å². The lowest BCUT2D eigenvalue weighted by molar-refractivity contribution is -0.119. The molecule has 1 aliphatic carbocycles. The molecule has 3 heterocycles. The van der Waals surface area contributed by atoms with Gasteiger partial charge in [-0.1, -0.05) is 20.8 Å². The van der Waals surface area contributed by atoms with Gasteiger partial charge >= 0.3 is 0 Å². The molecular formula is C17H23N3O2. The van der Waals surface area contributed by atoms with Crippen molar-refractivity contribution in [1.29, 1.82) is 0 Å². The molecule has 5 heteroatoms. The number of hydrogen-bond donors (Lipinski definition) is 1. The van der Waals surface area contributed by atoms with Crippen molar-refractivity contribution in [2.45, 2.75) is 52.6 Å². The summed E-state index contributed by atoms with van der Waals surface area (Å²) in [7, 11) is 0. The predicted molar refractivity (Wildman–Crippen MR) is 82.0 cm³/mol. The minimum absolute atomic E-state index is 0.00152. The van der Waals surface area contributed by atoms with Crippen molar-refractivity contribution in [1.82, 2.24) is 5.32 Å². The van der Waals surface area contributed by atoms with E-state index in [4.69, 9.17) is 4.74 Å². The summed E-state index contributed by atoms with van der Waals surface area (Å²) in [4.78, 5) is 13.0. The molecule has 0 radical (unpaired) electrons. The Morgan fingerprint density at radius 3 is 2.91 bits per heavy atom. The van der Waals surface area contributed by atoms with E-state index >= 15 is 0 Å². The molecule has 0 unspecified atom stereocenters. The van der Waals surface area contributed by atoms with Crippen LogP contribution in [0.4, 0.5) is 0 Å². The average molecular weight is 301 g/mol. The molecular weight excluding hydrogens is 278 g/mol. The Morgan fingerprint density at radius 1 is 1.36 bits per heavy atom. The molecule has 1 N–H and O–H groups in total. The Kier molecular flexibility index (Phi) is 2.89. The van der Waals surface area contributed by atoms with Crippen LogP contribution in [-0.4, -0.2) is 25.0 Å². The minimum atomic E-state index is -0.284. The zero-order valence-corrected chi connectivity index (χ0v) is 13.5. The van der Waals surface area contributed by atoms with Crippen LogP contribution >= 0.6 is 0 Å². The summed E-state index contributed by atoms with van der Waals surface area (Å²) in [5, 5.41) is 11.9. The van der Waals surface area contributed by atoms with Gasteiger partial charge in [0.25, 0.3) is 0 Å². The molecule has 0 aromatic heterocycles. The van der Waals surface area contributed by atoms with Crippen LogP contribution in [0.15, 0.2) is 32.9 Å². The van der Waals surface area contributed by atoms with Gasteiger partial charge in [-0.05, 0) is 24.7 Å². The SMILES string of the molecule is CC[C@@H]1C[C@@]2(CO1)C1=C(N=NC1)NC1=C2C(=O)CC(C)(C)C1. The maximum atomic E-state index is 13.0. The summed E-state index contributed by atoms with van der Waals surface area (Å²) >= 11 is 0. The van der Waals surface area contributed by atoms with Gasteiger partial charge in [-0.2, -0.15) is 5.11 Å². The van der Waals surface area contributed by atoms with Gasteiger partial charge in [0.2, 0.25) is 0 Å². The van der Waals surface area contributed by atoms with Crippen LogP contribution in [0.1, 0.15) is 46.5 Å². The van der Waals surface area contributed by atoms with Crippen LogP contribution in [0.5, 0.6) is 0 Å². The van der Waals surface area contributed by atoms with Crippen molar-refractivity contribution in [2.24, 2.45) is 21.1 Å². The van der Waals surface area contributed by atoms with Crippen LogP contribution in [0.2, 0.25) is 0 Å². The topological polar surface area (TPSA) is 63.1 Å². The number of fused-ring (bicyclic) bond motifs is 2. The van der Waals surface area contributed by atoms with E-state index in [0.717, 1.165) is 41.9 Å². The van der Waals surface area contributed by atoms with Crippen molar-refractivity contribution in [3.63, 3.8) is 0 Å². The maximum Gasteiger partial charge on any atom is 0.162 e. The number of nitrogens with one attached hydrogen (secondary N) is 1. The third-order valence-electron chi connectivity index (χ3n) is 5.48. The highest BCUT2D eigenvalue weighted by Gasteiger charge is 2.54. The fraction of sp³-hybridized carbons (Fsp3) is 0.706. The van der Waals surface area contributed by atoms with E-state index in [2.05, 4.69) is 36.3 Å². The molecule has 0 amide bonds. The highest BCUT2D eigenvalue weighted by molar-refractivity contribution is 6.00. The third-order valence-corrected chi connectivity index (χ3v) is 5.48. The zero-order chi connectivity index (χ0) is 15.5. The van der Waals surface area contributed by atoms with Gasteiger partial charge in [0, 0.05) is 23.3 Å². The summed E-state index contributed by atoms with van der Waals surface area (Å²) in [6.45, 7) is 7.65. The zero-order valence-electron chi connectivity index (χ0n) is 13.5. The molecule has 1 fully saturated rings. The number of ether oxygens (including phenoxy) is 1. The molecule has 4 rings (SSSR count). The minimum Gasteiger partial charge on any atom is -0.377 e. The number of ketones is 1. The molecule has 4 aliphatic rings. The van der Waals surface area contributed by atoms with Gasteiger partial charge in [-0.15, -0.1) is 5.11 Å². The number of carbonyl (C=O) groups excluding carboxylic acids is 1. The molecule has 1 saturated heterocycles. The fourth-order valence-electron chi connectivity index (χ4n) is 4.48. The fourth-order valence-corrected chi connectivity index (χ4v) is 4.48. The summed E-state index contributed by atoms with van der Waals surface area (Å²) < 4.78 is 6.02. The van der Waals surface area contributed by atoms with E-state index < -0.39 is 0 Å². The molecule has 0 aromatic carbocycles. The first kappa shape index (κ1) is 14.1. The molecule has 5 nitrogen and oxygen atoms in total. The largest absolute Gasteiger partial charge is 0.377 e. The van der Waals surface area contributed by atoms with Gasteiger partial charge in [-0.3, -0.25) is 4.79 Å². The molecule has 0 aromatic rings. The predicted octanol–water partition coefficient (Wildman–Crippen LogP) is 3.10. The van der Waals surface area contributed by atoms with Crippen LogP contribution < -0.4 is 5.32 Å². The number of dihydropyridines is 1. The molecule has 1 spiro atoms. The first-order valence-electron chi connectivity index (χ1n) is 8.22. The number of carbonyl (C=O) groups is 1. The van der Waals surface area contributed by atoms with Gasteiger partial charge in [0.05, 0.1) is 24.7 Å². The monoisotopic (exact) mass is 301 g/mol. The highest BCUT2D eigenvalue weighted by Crippen LogP contribution is 2.55. The van der Waals surface area contributed by atoms with Crippen molar-refractivity contribution < 1.29 is 9.53 Å². The highest BCUT2D eigenvalue weighted by atomic mass is 16.5. The van der Waals surface area contributed by atoms with Crippen LogP contribution in [0.3, 0.4) is 0 Å². The maximum absolute atomic E-state index is 13.0. The lowest BCUT2D eigenvalue weighted by Crippen LogP contribution is -2.44. The Bertz CT molecular complexity index is 644. The van der Waals surface area contributed by atoms with E-state index in [0.29, 0.717) is 19.6 Å². The van der Waals surface area contributed by atoms with E-state index in [-0.39, 0.29) is 22.7 Å². The number of nitrogens with zero attached hydrogens (tertiary/aromatic N) is 2. The molecule has 2 atom stereocenters. The summed E-state index contributed by atoms with van der Waals surface area (Å²) in [6.07, 6.45) is 3.60. The lowest BCUT2D eigenvalue weighted by atomic mass is 9.62.